The molecule has 1 nitrogen and oxygen atoms in total. The van der Waals surface area contributed by atoms with Crippen molar-refractivity contribution in [2.75, 3.05) is 14.1 Å². The summed E-state index contributed by atoms with van der Waals surface area (Å²) >= 11 is 0. The first-order valence-electron chi connectivity index (χ1n) is 4.49. The normalized spacial score (nSPS) is 13.5. The van der Waals surface area contributed by atoms with Crippen molar-refractivity contribution in [1.29, 1.82) is 0 Å². The maximum atomic E-state index is 3.71. The van der Waals surface area contributed by atoms with Crippen LogP contribution in [0.2, 0.25) is 0 Å². The molecule has 0 aliphatic rings. The lowest BCUT2D eigenvalue weighted by atomic mass is 10.1. The van der Waals surface area contributed by atoms with Gasteiger partial charge in [0.2, 0.25) is 0 Å². The van der Waals surface area contributed by atoms with Gasteiger partial charge in [-0.15, -0.1) is 6.58 Å². The van der Waals surface area contributed by atoms with Crippen LogP contribution in [0.1, 0.15) is 32.6 Å². The maximum Gasteiger partial charge on any atom is 0.00866 e. The highest BCUT2D eigenvalue weighted by molar-refractivity contribution is 4.70. The lowest BCUT2D eigenvalue weighted by Crippen LogP contribution is -2.26. The molecule has 0 saturated carbocycles. The summed E-state index contributed by atoms with van der Waals surface area (Å²) in [4.78, 5) is 2.31. The Hall–Kier alpha value is -0.300. The first-order chi connectivity index (χ1) is 5.22. The highest BCUT2D eigenvalue weighted by Gasteiger charge is 2.06. The van der Waals surface area contributed by atoms with Crippen LogP contribution >= 0.6 is 0 Å². The Morgan fingerprint density at radius 2 is 2.09 bits per heavy atom. The first-order valence-corrected chi connectivity index (χ1v) is 4.49. The van der Waals surface area contributed by atoms with Crippen LogP contribution in [0.15, 0.2) is 12.7 Å². The highest BCUT2D eigenvalue weighted by atomic mass is 15.1. The van der Waals surface area contributed by atoms with Crippen molar-refractivity contribution in [2.45, 2.75) is 38.6 Å². The van der Waals surface area contributed by atoms with Gasteiger partial charge in [0.05, 0.1) is 0 Å². The van der Waals surface area contributed by atoms with E-state index in [1.807, 2.05) is 6.08 Å². The molecule has 0 fully saturated rings. The quantitative estimate of drug-likeness (QED) is 0.421. The lowest BCUT2D eigenvalue weighted by molar-refractivity contribution is 0.267. The summed E-state index contributed by atoms with van der Waals surface area (Å²) in [6, 6.07) is 0.759. The Bertz CT molecular complexity index is 97.0. The van der Waals surface area contributed by atoms with Gasteiger partial charge in [0.1, 0.15) is 0 Å². The molecule has 0 rings (SSSR count). The zero-order valence-corrected chi connectivity index (χ0v) is 8.14. The van der Waals surface area contributed by atoms with Crippen LogP contribution in [-0.2, 0) is 0 Å². The van der Waals surface area contributed by atoms with E-state index < -0.39 is 0 Å². The number of allylic oxidation sites excluding steroid dienone is 1. The molecule has 1 heteroatoms. The number of rotatable bonds is 6. The predicted octanol–water partition coefficient (Wildman–Crippen LogP) is 2.68. The molecule has 0 heterocycles. The van der Waals surface area contributed by atoms with E-state index in [1.54, 1.807) is 0 Å². The van der Waals surface area contributed by atoms with Crippen molar-refractivity contribution in [3.63, 3.8) is 0 Å². The molecule has 11 heavy (non-hydrogen) atoms. The second-order valence-electron chi connectivity index (χ2n) is 3.25. The molecular weight excluding hydrogens is 134 g/mol. The van der Waals surface area contributed by atoms with Gasteiger partial charge >= 0.3 is 0 Å². The SMILES string of the molecule is C=CCCCC(CC)N(C)C. The van der Waals surface area contributed by atoms with Gasteiger partial charge in [-0.25, -0.2) is 0 Å². The first kappa shape index (κ1) is 10.7. The van der Waals surface area contributed by atoms with E-state index in [1.165, 1.54) is 19.3 Å². The standard InChI is InChI=1S/C10H21N/c1-5-7-8-9-10(6-2)11(3)4/h5,10H,1,6-9H2,2-4H3. The third kappa shape index (κ3) is 5.02. The highest BCUT2D eigenvalue weighted by Crippen LogP contribution is 2.08. The van der Waals surface area contributed by atoms with Gasteiger partial charge in [0, 0.05) is 6.04 Å². The molecule has 1 unspecified atom stereocenters. The fourth-order valence-corrected chi connectivity index (χ4v) is 1.33. The zero-order valence-electron chi connectivity index (χ0n) is 8.14. The molecule has 66 valence electrons. The molecule has 0 aromatic carbocycles. The van der Waals surface area contributed by atoms with E-state index >= 15 is 0 Å². The van der Waals surface area contributed by atoms with Gasteiger partial charge < -0.3 is 4.90 Å². The van der Waals surface area contributed by atoms with Crippen LogP contribution in [0, 0.1) is 0 Å². The van der Waals surface area contributed by atoms with Gasteiger partial charge in [-0.3, -0.25) is 0 Å². The van der Waals surface area contributed by atoms with Crippen molar-refractivity contribution in [3.05, 3.63) is 12.7 Å². The molecule has 0 spiro atoms. The summed E-state index contributed by atoms with van der Waals surface area (Å²) in [5.41, 5.74) is 0. The fraction of sp³-hybridized carbons (Fsp3) is 0.800. The van der Waals surface area contributed by atoms with E-state index in [-0.39, 0.29) is 0 Å². The van der Waals surface area contributed by atoms with E-state index in [0.29, 0.717) is 0 Å². The second-order valence-corrected chi connectivity index (χ2v) is 3.25. The maximum absolute atomic E-state index is 3.71. The van der Waals surface area contributed by atoms with Crippen LogP contribution in [-0.4, -0.2) is 25.0 Å². The van der Waals surface area contributed by atoms with Crippen LogP contribution in [0.4, 0.5) is 0 Å². The average Bonchev–Trinajstić information content (AvgIpc) is 1.97. The van der Waals surface area contributed by atoms with Gasteiger partial charge in [-0.05, 0) is 39.8 Å². The lowest BCUT2D eigenvalue weighted by Gasteiger charge is -2.22. The molecule has 1 atom stereocenters. The second kappa shape index (κ2) is 6.41. The van der Waals surface area contributed by atoms with Gasteiger partial charge in [0.15, 0.2) is 0 Å². The summed E-state index contributed by atoms with van der Waals surface area (Å²) in [7, 11) is 4.31. The molecule has 0 saturated heterocycles. The molecule has 0 amide bonds. The van der Waals surface area contributed by atoms with Crippen molar-refractivity contribution < 1.29 is 0 Å². The fourth-order valence-electron chi connectivity index (χ4n) is 1.33. The largest absolute Gasteiger partial charge is 0.306 e. The third-order valence-electron chi connectivity index (χ3n) is 2.15. The zero-order chi connectivity index (χ0) is 8.69. The third-order valence-corrected chi connectivity index (χ3v) is 2.15. The van der Waals surface area contributed by atoms with Gasteiger partial charge in [0.25, 0.3) is 0 Å². The van der Waals surface area contributed by atoms with Crippen LogP contribution in [0.3, 0.4) is 0 Å². The summed E-state index contributed by atoms with van der Waals surface area (Å²) in [5, 5.41) is 0. The topological polar surface area (TPSA) is 3.24 Å². The van der Waals surface area contributed by atoms with E-state index in [2.05, 4.69) is 32.5 Å². The molecule has 0 bridgehead atoms. The molecule has 0 radical (unpaired) electrons. The van der Waals surface area contributed by atoms with Crippen LogP contribution in [0.5, 0.6) is 0 Å². The predicted molar refractivity (Wildman–Crippen MR) is 51.8 cm³/mol. The Morgan fingerprint density at radius 1 is 1.45 bits per heavy atom. The number of unbranched alkanes of at least 4 members (excludes halogenated alkanes) is 1. The monoisotopic (exact) mass is 155 g/mol. The van der Waals surface area contributed by atoms with E-state index in [0.717, 1.165) is 12.5 Å². The van der Waals surface area contributed by atoms with E-state index in [4.69, 9.17) is 0 Å². The molecule has 0 N–H and O–H groups in total. The minimum Gasteiger partial charge on any atom is -0.306 e. The summed E-state index contributed by atoms with van der Waals surface area (Å²) in [6.07, 6.45) is 6.99. The van der Waals surface area contributed by atoms with Crippen LogP contribution in [0.25, 0.3) is 0 Å². The van der Waals surface area contributed by atoms with Crippen LogP contribution < -0.4 is 0 Å². The van der Waals surface area contributed by atoms with Crippen molar-refractivity contribution in [3.8, 4) is 0 Å². The van der Waals surface area contributed by atoms with Crippen molar-refractivity contribution >= 4 is 0 Å². The van der Waals surface area contributed by atoms with Crippen molar-refractivity contribution in [2.24, 2.45) is 0 Å². The van der Waals surface area contributed by atoms with Crippen molar-refractivity contribution in [1.82, 2.24) is 4.90 Å². The molecule has 0 aromatic rings. The summed E-state index contributed by atoms with van der Waals surface area (Å²) in [5.74, 6) is 0. The van der Waals surface area contributed by atoms with Gasteiger partial charge in [-0.2, -0.15) is 0 Å². The Morgan fingerprint density at radius 3 is 2.45 bits per heavy atom. The Balaban J connectivity index is 3.43. The molecular formula is C10H21N. The van der Waals surface area contributed by atoms with Gasteiger partial charge in [-0.1, -0.05) is 13.0 Å². The average molecular weight is 155 g/mol. The Kier molecular flexibility index (Phi) is 6.24. The number of hydrogen-bond acceptors (Lipinski definition) is 1. The minimum absolute atomic E-state index is 0.759. The summed E-state index contributed by atoms with van der Waals surface area (Å²) in [6.45, 7) is 5.96. The van der Waals surface area contributed by atoms with E-state index in [9.17, 15) is 0 Å². The Labute approximate surface area is 71.1 Å². The number of hydrogen-bond donors (Lipinski definition) is 0. The molecule has 0 aliphatic heterocycles. The molecule has 0 aromatic heterocycles. The smallest absolute Gasteiger partial charge is 0.00866 e. The number of nitrogens with zero attached hydrogens (tertiary/aromatic N) is 1. The minimum atomic E-state index is 0.759. The summed E-state index contributed by atoms with van der Waals surface area (Å²) < 4.78 is 0. The molecule has 0 aliphatic carbocycles.